The minimum atomic E-state index is -0.781. The minimum absolute atomic E-state index is 0.00885. The summed E-state index contributed by atoms with van der Waals surface area (Å²) >= 11 is 1.29. The Bertz CT molecular complexity index is 1280. The molecule has 6 nitrogen and oxygen atoms in total. The highest BCUT2D eigenvalue weighted by Crippen LogP contribution is 2.26. The maximum Gasteiger partial charge on any atom is 0.251 e. The van der Waals surface area contributed by atoms with Gasteiger partial charge in [-0.15, -0.1) is 10.2 Å². The van der Waals surface area contributed by atoms with Gasteiger partial charge in [-0.2, -0.15) is 0 Å². The van der Waals surface area contributed by atoms with Crippen LogP contribution in [0.2, 0.25) is 0 Å². The molecule has 4 aromatic rings. The molecule has 3 aromatic carbocycles. The van der Waals surface area contributed by atoms with Gasteiger partial charge in [-0.1, -0.05) is 105 Å². The molecule has 2 amide bonds. The van der Waals surface area contributed by atoms with Crippen LogP contribution in [0.5, 0.6) is 0 Å². The molecule has 2 N–H and O–H groups in total. The van der Waals surface area contributed by atoms with Crippen LogP contribution >= 0.6 is 11.3 Å². The summed E-state index contributed by atoms with van der Waals surface area (Å²) < 4.78 is 0. The van der Waals surface area contributed by atoms with Crippen LogP contribution in [0.25, 0.3) is 10.6 Å². The quantitative estimate of drug-likeness (QED) is 0.364. The average molecular weight is 485 g/mol. The van der Waals surface area contributed by atoms with Crippen molar-refractivity contribution in [2.45, 2.75) is 38.6 Å². The smallest absolute Gasteiger partial charge is 0.251 e. The van der Waals surface area contributed by atoms with Crippen molar-refractivity contribution in [2.24, 2.45) is 0 Å². The Kier molecular flexibility index (Phi) is 7.36. The van der Waals surface area contributed by atoms with Crippen LogP contribution in [0.3, 0.4) is 0 Å². The molecule has 0 saturated carbocycles. The fraction of sp³-hybridized carbons (Fsp3) is 0.214. The Morgan fingerprint density at radius 3 is 2.11 bits per heavy atom. The second-order valence-corrected chi connectivity index (χ2v) is 10.3. The molecule has 1 aromatic heterocycles. The number of hydrogen-bond donors (Lipinski definition) is 2. The first-order valence-electron chi connectivity index (χ1n) is 11.4. The van der Waals surface area contributed by atoms with Crippen molar-refractivity contribution >= 4 is 28.3 Å². The first-order chi connectivity index (χ1) is 16.8. The van der Waals surface area contributed by atoms with E-state index < -0.39 is 6.04 Å². The standard InChI is InChI=1S/C28H28N4O2S/c1-28(2,3)22-16-14-20(15-17-22)24(33)29-23(18-19-10-6-4-7-11-19)25(34)30-27-32-31-26(35-27)21-12-8-5-9-13-21/h4-17,23H,18H2,1-3H3,(H,29,33)(H,30,32,34). The molecule has 0 fully saturated rings. The summed E-state index contributed by atoms with van der Waals surface area (Å²) in [5.41, 5.74) is 3.51. The maximum atomic E-state index is 13.2. The first-order valence-corrected chi connectivity index (χ1v) is 12.3. The molecule has 0 aliphatic heterocycles. The lowest BCUT2D eigenvalue weighted by molar-refractivity contribution is -0.118. The number of carbonyl (C=O) groups is 2. The predicted octanol–water partition coefficient (Wildman–Crippen LogP) is 5.48. The van der Waals surface area contributed by atoms with Gasteiger partial charge in [0.1, 0.15) is 11.0 Å². The van der Waals surface area contributed by atoms with Crippen molar-refractivity contribution < 1.29 is 9.59 Å². The summed E-state index contributed by atoms with van der Waals surface area (Å²) in [5.74, 6) is -0.645. The van der Waals surface area contributed by atoms with Gasteiger partial charge in [0.05, 0.1) is 0 Å². The zero-order chi connectivity index (χ0) is 24.8. The van der Waals surface area contributed by atoms with E-state index in [1.54, 1.807) is 12.1 Å². The number of aromatic nitrogens is 2. The van der Waals surface area contributed by atoms with Gasteiger partial charge in [0.15, 0.2) is 0 Å². The second kappa shape index (κ2) is 10.6. The van der Waals surface area contributed by atoms with Crippen LogP contribution in [-0.4, -0.2) is 28.1 Å². The molecule has 0 radical (unpaired) electrons. The number of rotatable bonds is 7. The summed E-state index contributed by atoms with van der Waals surface area (Å²) in [7, 11) is 0. The number of amides is 2. The Balaban J connectivity index is 1.51. The summed E-state index contributed by atoms with van der Waals surface area (Å²) in [6, 6.07) is 26.0. The lowest BCUT2D eigenvalue weighted by Gasteiger charge is -2.20. The van der Waals surface area contributed by atoms with Gasteiger partial charge < -0.3 is 5.32 Å². The molecule has 1 heterocycles. The molecule has 7 heteroatoms. The fourth-order valence-electron chi connectivity index (χ4n) is 3.59. The summed E-state index contributed by atoms with van der Waals surface area (Å²) in [6.45, 7) is 6.37. The molecule has 0 aliphatic rings. The third-order valence-electron chi connectivity index (χ3n) is 5.59. The molecule has 0 bridgehead atoms. The lowest BCUT2D eigenvalue weighted by atomic mass is 9.86. The van der Waals surface area contributed by atoms with Crippen molar-refractivity contribution in [1.82, 2.24) is 15.5 Å². The SMILES string of the molecule is CC(C)(C)c1ccc(C(=O)NC(Cc2ccccc2)C(=O)Nc2nnc(-c3ccccc3)s2)cc1. The lowest BCUT2D eigenvalue weighted by Crippen LogP contribution is -2.45. The van der Waals surface area contributed by atoms with E-state index >= 15 is 0 Å². The van der Waals surface area contributed by atoms with Gasteiger partial charge in [-0.25, -0.2) is 0 Å². The molecule has 1 atom stereocenters. The van der Waals surface area contributed by atoms with Crippen molar-refractivity contribution in [2.75, 3.05) is 5.32 Å². The van der Waals surface area contributed by atoms with Gasteiger partial charge >= 0.3 is 0 Å². The second-order valence-electron chi connectivity index (χ2n) is 9.31. The third-order valence-corrected chi connectivity index (χ3v) is 6.48. The van der Waals surface area contributed by atoms with E-state index in [0.717, 1.165) is 16.7 Å². The number of hydrogen-bond acceptors (Lipinski definition) is 5. The molecular formula is C28H28N4O2S. The molecule has 0 spiro atoms. The largest absolute Gasteiger partial charge is 0.340 e. The van der Waals surface area contributed by atoms with Crippen LogP contribution in [0.15, 0.2) is 84.9 Å². The molecule has 35 heavy (non-hydrogen) atoms. The van der Waals surface area contributed by atoms with Gasteiger partial charge in [-0.3, -0.25) is 14.9 Å². The molecule has 0 saturated heterocycles. The van der Waals surface area contributed by atoms with E-state index in [-0.39, 0.29) is 17.2 Å². The average Bonchev–Trinajstić information content (AvgIpc) is 3.33. The topological polar surface area (TPSA) is 84.0 Å². The number of nitrogens with one attached hydrogen (secondary N) is 2. The van der Waals surface area contributed by atoms with Crippen molar-refractivity contribution in [3.8, 4) is 10.6 Å². The number of nitrogens with zero attached hydrogens (tertiary/aromatic N) is 2. The Morgan fingerprint density at radius 1 is 0.857 bits per heavy atom. The molecule has 178 valence electrons. The van der Waals surface area contributed by atoms with Crippen LogP contribution in [-0.2, 0) is 16.6 Å². The molecular weight excluding hydrogens is 456 g/mol. The Hall–Kier alpha value is -3.84. The highest BCUT2D eigenvalue weighted by atomic mass is 32.1. The van der Waals surface area contributed by atoms with Crippen LogP contribution in [0.4, 0.5) is 5.13 Å². The summed E-state index contributed by atoms with van der Waals surface area (Å²) in [4.78, 5) is 26.3. The van der Waals surface area contributed by atoms with Crippen molar-refractivity contribution in [3.05, 3.63) is 102 Å². The molecule has 4 rings (SSSR count). The van der Waals surface area contributed by atoms with E-state index in [1.807, 2.05) is 72.8 Å². The molecule has 1 unspecified atom stereocenters. The maximum absolute atomic E-state index is 13.2. The Labute approximate surface area is 209 Å². The van der Waals surface area contributed by atoms with Crippen LogP contribution < -0.4 is 10.6 Å². The first kappa shape index (κ1) is 24.3. The van der Waals surface area contributed by atoms with Crippen LogP contribution in [0.1, 0.15) is 42.3 Å². The van der Waals surface area contributed by atoms with E-state index in [2.05, 4.69) is 41.6 Å². The highest BCUT2D eigenvalue weighted by Gasteiger charge is 2.24. The van der Waals surface area contributed by atoms with E-state index in [0.29, 0.717) is 22.1 Å². The van der Waals surface area contributed by atoms with E-state index in [4.69, 9.17) is 0 Å². The van der Waals surface area contributed by atoms with Gasteiger partial charge in [0.25, 0.3) is 5.91 Å². The highest BCUT2D eigenvalue weighted by molar-refractivity contribution is 7.18. The van der Waals surface area contributed by atoms with Crippen molar-refractivity contribution in [3.63, 3.8) is 0 Å². The van der Waals surface area contributed by atoms with Gasteiger partial charge in [0.2, 0.25) is 11.0 Å². The zero-order valence-electron chi connectivity index (χ0n) is 20.0. The van der Waals surface area contributed by atoms with Crippen LogP contribution in [0, 0.1) is 0 Å². The zero-order valence-corrected chi connectivity index (χ0v) is 20.8. The number of carbonyl (C=O) groups excluding carboxylic acids is 2. The number of benzene rings is 3. The Morgan fingerprint density at radius 2 is 1.49 bits per heavy atom. The minimum Gasteiger partial charge on any atom is -0.340 e. The normalized spacial score (nSPS) is 12.1. The molecule has 0 aliphatic carbocycles. The summed E-state index contributed by atoms with van der Waals surface area (Å²) in [6.07, 6.45) is 0.350. The van der Waals surface area contributed by atoms with E-state index in [9.17, 15) is 9.59 Å². The summed E-state index contributed by atoms with van der Waals surface area (Å²) in [5, 5.41) is 15.1. The van der Waals surface area contributed by atoms with Crippen molar-refractivity contribution in [1.29, 1.82) is 0 Å². The monoisotopic (exact) mass is 484 g/mol. The van der Waals surface area contributed by atoms with Gasteiger partial charge in [0, 0.05) is 17.5 Å². The third kappa shape index (κ3) is 6.39. The number of anilines is 1. The van der Waals surface area contributed by atoms with E-state index in [1.165, 1.54) is 11.3 Å². The van der Waals surface area contributed by atoms with Gasteiger partial charge in [-0.05, 0) is 28.7 Å². The fourth-order valence-corrected chi connectivity index (χ4v) is 4.34. The predicted molar refractivity (Wildman–Crippen MR) is 141 cm³/mol.